The number of aromatic nitrogens is 3. The molecular weight excluding hydrogens is 839 g/mol. The molecule has 0 aliphatic carbocycles. The summed E-state index contributed by atoms with van der Waals surface area (Å²) in [5.74, 6) is 0.593. The Kier molecular flexibility index (Phi) is 10.8. The summed E-state index contributed by atoms with van der Waals surface area (Å²) in [6, 6.07) is 74.2. The molecular formula is C64H45N5. The van der Waals surface area contributed by atoms with Gasteiger partial charge in [0.2, 0.25) is 0 Å². The third-order valence-electron chi connectivity index (χ3n) is 13.0. The van der Waals surface area contributed by atoms with E-state index in [0.29, 0.717) is 22.6 Å². The van der Waals surface area contributed by atoms with Gasteiger partial charge in [0, 0.05) is 49.7 Å². The lowest BCUT2D eigenvalue weighted by molar-refractivity contribution is 1.17. The number of aryl methyl sites for hydroxylation is 4. The van der Waals surface area contributed by atoms with Crippen molar-refractivity contribution in [2.75, 3.05) is 0 Å². The fourth-order valence-corrected chi connectivity index (χ4v) is 10.0. The van der Waals surface area contributed by atoms with Crippen LogP contribution < -0.4 is 0 Å². The molecule has 0 saturated heterocycles. The van der Waals surface area contributed by atoms with E-state index in [0.717, 1.165) is 94.4 Å². The van der Waals surface area contributed by atoms with Gasteiger partial charge >= 0.3 is 0 Å². The standard InChI is InChI=1S/C64H45N5/c1-40-27-41(2)30-50(29-40)46-23-25-61-55(33-46)56-34-47(51-31-42(3)28-43(4)32-51)24-26-62(56)69(61)63-57(53-21-13-11-19-48(53)38-65)35-52(36-58(63)54-22-14-12-20-49(54)39-66)60-37-59(44-15-7-5-8-16-44)67-64(68-60)45-17-9-6-10-18-45/h5-37H,1-4H3. The molecule has 0 aliphatic rings. The highest BCUT2D eigenvalue weighted by atomic mass is 15.0. The van der Waals surface area contributed by atoms with Crippen molar-refractivity contribution >= 4 is 21.8 Å². The van der Waals surface area contributed by atoms with E-state index in [2.05, 4.69) is 141 Å². The lowest BCUT2D eigenvalue weighted by atomic mass is 9.88. The smallest absolute Gasteiger partial charge is 0.160 e. The van der Waals surface area contributed by atoms with Gasteiger partial charge in [-0.3, -0.25) is 0 Å². The zero-order valence-corrected chi connectivity index (χ0v) is 38.8. The van der Waals surface area contributed by atoms with Gasteiger partial charge in [-0.1, -0.05) is 168 Å². The summed E-state index contributed by atoms with van der Waals surface area (Å²) < 4.78 is 2.35. The number of hydrogen-bond acceptors (Lipinski definition) is 4. The zero-order valence-electron chi connectivity index (χ0n) is 38.8. The molecule has 0 N–H and O–H groups in total. The van der Waals surface area contributed by atoms with Crippen LogP contribution >= 0.6 is 0 Å². The summed E-state index contributed by atoms with van der Waals surface area (Å²) >= 11 is 0. The average molecular weight is 884 g/mol. The van der Waals surface area contributed by atoms with E-state index >= 15 is 0 Å². The molecule has 0 atom stereocenters. The maximum Gasteiger partial charge on any atom is 0.160 e. The third kappa shape index (κ3) is 7.93. The highest BCUT2D eigenvalue weighted by molar-refractivity contribution is 6.13. The molecule has 0 radical (unpaired) electrons. The van der Waals surface area contributed by atoms with Crippen LogP contribution in [0.3, 0.4) is 0 Å². The van der Waals surface area contributed by atoms with Crippen molar-refractivity contribution in [1.82, 2.24) is 14.5 Å². The van der Waals surface area contributed by atoms with Crippen molar-refractivity contribution < 1.29 is 0 Å². The number of rotatable bonds is 8. The molecule has 5 nitrogen and oxygen atoms in total. The van der Waals surface area contributed by atoms with Crippen LogP contribution in [0.25, 0.3) is 106 Å². The fraction of sp³-hybridized carbons (Fsp3) is 0.0625. The first kappa shape index (κ1) is 42.5. The Labute approximate surface area is 402 Å². The number of nitrogens with zero attached hydrogens (tertiary/aromatic N) is 5. The molecule has 0 spiro atoms. The maximum atomic E-state index is 10.9. The topological polar surface area (TPSA) is 78.3 Å². The van der Waals surface area contributed by atoms with Gasteiger partial charge < -0.3 is 4.57 Å². The minimum atomic E-state index is 0.531. The fourth-order valence-electron chi connectivity index (χ4n) is 10.0. The Balaban J connectivity index is 1.29. The quantitative estimate of drug-likeness (QED) is 0.152. The molecule has 5 heteroatoms. The summed E-state index contributed by atoms with van der Waals surface area (Å²) in [7, 11) is 0. The van der Waals surface area contributed by atoms with Crippen LogP contribution in [0.2, 0.25) is 0 Å². The van der Waals surface area contributed by atoms with Crippen LogP contribution in [0.15, 0.2) is 200 Å². The average Bonchev–Trinajstić information content (AvgIpc) is 3.70. The van der Waals surface area contributed by atoms with Gasteiger partial charge in [-0.05, 0) is 105 Å². The Bertz CT molecular complexity index is 3620. The Morgan fingerprint density at radius 3 is 1.23 bits per heavy atom. The van der Waals surface area contributed by atoms with Crippen molar-refractivity contribution in [3.63, 3.8) is 0 Å². The van der Waals surface area contributed by atoms with Crippen molar-refractivity contribution in [3.8, 4) is 96.2 Å². The van der Waals surface area contributed by atoms with E-state index in [-0.39, 0.29) is 0 Å². The lowest BCUT2D eigenvalue weighted by Gasteiger charge is -2.22. The van der Waals surface area contributed by atoms with Crippen molar-refractivity contribution in [3.05, 3.63) is 234 Å². The van der Waals surface area contributed by atoms with Crippen LogP contribution in [-0.4, -0.2) is 14.5 Å². The lowest BCUT2D eigenvalue weighted by Crippen LogP contribution is -2.04. The number of hydrogen-bond donors (Lipinski definition) is 0. The molecule has 0 unspecified atom stereocenters. The predicted molar refractivity (Wildman–Crippen MR) is 283 cm³/mol. The van der Waals surface area contributed by atoms with E-state index in [9.17, 15) is 10.5 Å². The van der Waals surface area contributed by atoms with Crippen LogP contribution in [-0.2, 0) is 0 Å². The minimum Gasteiger partial charge on any atom is -0.308 e. The third-order valence-corrected chi connectivity index (χ3v) is 13.0. The second kappa shape index (κ2) is 17.6. The van der Waals surface area contributed by atoms with Gasteiger partial charge in [-0.25, -0.2) is 9.97 Å². The SMILES string of the molecule is Cc1cc(C)cc(-c2ccc3c(c2)c2cc(-c4cc(C)cc(C)c4)ccc2n3-c2c(-c3ccccc3C#N)cc(-c3cc(-c4ccccc4)nc(-c4ccccc4)n3)cc2-c2ccccc2C#N)c1. The molecule has 0 amide bonds. The van der Waals surface area contributed by atoms with Gasteiger partial charge in [-0.15, -0.1) is 0 Å². The number of nitriles is 2. The first-order valence-electron chi connectivity index (χ1n) is 23.2. The van der Waals surface area contributed by atoms with Gasteiger partial charge in [-0.2, -0.15) is 10.5 Å². The van der Waals surface area contributed by atoms with E-state index in [1.54, 1.807) is 0 Å². The molecule has 0 bridgehead atoms. The van der Waals surface area contributed by atoms with E-state index < -0.39 is 0 Å². The van der Waals surface area contributed by atoms with Gasteiger partial charge in [0.15, 0.2) is 5.82 Å². The number of benzene rings is 9. The molecule has 2 aromatic heterocycles. The van der Waals surface area contributed by atoms with Gasteiger partial charge in [0.25, 0.3) is 0 Å². The molecule has 11 rings (SSSR count). The monoisotopic (exact) mass is 883 g/mol. The Hall–Kier alpha value is -9.16. The van der Waals surface area contributed by atoms with Crippen LogP contribution in [0.4, 0.5) is 0 Å². The normalized spacial score (nSPS) is 11.2. The Morgan fingerprint density at radius 2 is 0.768 bits per heavy atom. The second-order valence-electron chi connectivity index (χ2n) is 18.0. The van der Waals surface area contributed by atoms with Crippen molar-refractivity contribution in [2.24, 2.45) is 0 Å². The van der Waals surface area contributed by atoms with E-state index in [1.165, 1.54) is 22.3 Å². The van der Waals surface area contributed by atoms with Crippen LogP contribution in [0, 0.1) is 50.4 Å². The van der Waals surface area contributed by atoms with Crippen LogP contribution in [0.5, 0.6) is 0 Å². The molecule has 0 fully saturated rings. The maximum absolute atomic E-state index is 10.9. The second-order valence-corrected chi connectivity index (χ2v) is 18.0. The van der Waals surface area contributed by atoms with Gasteiger partial charge in [0.05, 0.1) is 51.4 Å². The molecule has 9 aromatic carbocycles. The summed E-state index contributed by atoms with van der Waals surface area (Å²) in [5.41, 5.74) is 20.6. The Morgan fingerprint density at radius 1 is 0.348 bits per heavy atom. The highest BCUT2D eigenvalue weighted by Crippen LogP contribution is 2.46. The zero-order chi connectivity index (χ0) is 47.2. The minimum absolute atomic E-state index is 0.531. The summed E-state index contributed by atoms with van der Waals surface area (Å²) in [6.45, 7) is 8.59. The van der Waals surface area contributed by atoms with E-state index in [1.807, 2.05) is 103 Å². The molecule has 69 heavy (non-hydrogen) atoms. The summed E-state index contributed by atoms with van der Waals surface area (Å²) in [4.78, 5) is 10.4. The first-order chi connectivity index (χ1) is 33.7. The predicted octanol–water partition coefficient (Wildman–Crippen LogP) is 16.2. The molecule has 0 aliphatic heterocycles. The van der Waals surface area contributed by atoms with Crippen LogP contribution in [0.1, 0.15) is 33.4 Å². The molecule has 2 heterocycles. The van der Waals surface area contributed by atoms with Crippen molar-refractivity contribution in [2.45, 2.75) is 27.7 Å². The molecule has 11 aromatic rings. The van der Waals surface area contributed by atoms with Gasteiger partial charge in [0.1, 0.15) is 0 Å². The van der Waals surface area contributed by atoms with Crippen molar-refractivity contribution in [1.29, 1.82) is 10.5 Å². The summed E-state index contributed by atoms with van der Waals surface area (Å²) in [5, 5.41) is 23.9. The summed E-state index contributed by atoms with van der Waals surface area (Å²) in [6.07, 6.45) is 0. The first-order valence-corrected chi connectivity index (χ1v) is 23.2. The molecule has 326 valence electrons. The largest absolute Gasteiger partial charge is 0.308 e. The molecule has 0 saturated carbocycles. The highest BCUT2D eigenvalue weighted by Gasteiger charge is 2.25. The number of fused-ring (bicyclic) bond motifs is 3. The van der Waals surface area contributed by atoms with E-state index in [4.69, 9.17) is 9.97 Å².